The van der Waals surface area contributed by atoms with Gasteiger partial charge in [-0.1, -0.05) is 27.7 Å². The number of hydrogen-bond donors (Lipinski definition) is 1. The number of hydrogen-bond acceptors (Lipinski definition) is 3. The molecule has 0 aromatic rings. The van der Waals surface area contributed by atoms with Crippen molar-refractivity contribution in [3.05, 3.63) is 0 Å². The van der Waals surface area contributed by atoms with Gasteiger partial charge in [-0.3, -0.25) is 9.59 Å². The lowest BCUT2D eigenvalue weighted by molar-refractivity contribution is -0.135. The van der Waals surface area contributed by atoms with Gasteiger partial charge in [-0.2, -0.15) is 0 Å². The molecule has 0 aromatic carbocycles. The molecule has 0 unspecified atom stereocenters. The predicted octanol–water partition coefficient (Wildman–Crippen LogP) is 2.98. The van der Waals surface area contributed by atoms with E-state index in [-0.39, 0.29) is 23.3 Å². The van der Waals surface area contributed by atoms with Crippen LogP contribution in [0.2, 0.25) is 0 Å². The van der Waals surface area contributed by atoms with E-state index in [9.17, 15) is 9.59 Å². The average Bonchev–Trinajstić information content (AvgIpc) is 2.45. The Labute approximate surface area is 147 Å². The van der Waals surface area contributed by atoms with Crippen LogP contribution in [0.1, 0.15) is 67.2 Å². The third-order valence-electron chi connectivity index (χ3n) is 5.41. The minimum absolute atomic E-state index is 0.00572. The van der Waals surface area contributed by atoms with Crippen molar-refractivity contribution in [3.8, 4) is 0 Å². The van der Waals surface area contributed by atoms with E-state index in [0.29, 0.717) is 31.5 Å². The lowest BCUT2D eigenvalue weighted by atomic mass is 9.63. The number of ether oxygens (including phenoxy) is 1. The molecular weight excluding hydrogens is 304 g/mol. The molecule has 1 rings (SSSR count). The summed E-state index contributed by atoms with van der Waals surface area (Å²) in [5.74, 6) is 0.159. The van der Waals surface area contributed by atoms with Gasteiger partial charge in [-0.25, -0.2) is 0 Å². The number of rotatable bonds is 7. The third kappa shape index (κ3) is 6.42. The fourth-order valence-electron chi connectivity index (χ4n) is 2.98. The summed E-state index contributed by atoms with van der Waals surface area (Å²) in [5.41, 5.74) is 0.561. The van der Waals surface area contributed by atoms with Crippen molar-refractivity contribution in [2.75, 3.05) is 26.3 Å². The zero-order valence-electron chi connectivity index (χ0n) is 16.4. The number of amides is 2. The van der Waals surface area contributed by atoms with Gasteiger partial charge in [-0.05, 0) is 37.5 Å². The van der Waals surface area contributed by atoms with Gasteiger partial charge in [0, 0.05) is 25.6 Å². The summed E-state index contributed by atoms with van der Waals surface area (Å²) in [7, 11) is 0. The van der Waals surface area contributed by atoms with Crippen LogP contribution in [-0.4, -0.2) is 49.1 Å². The molecule has 0 aliphatic carbocycles. The predicted molar refractivity (Wildman–Crippen MR) is 96.7 cm³/mol. The van der Waals surface area contributed by atoms with Crippen molar-refractivity contribution in [2.24, 2.45) is 10.8 Å². The fraction of sp³-hybridized carbons (Fsp3) is 0.895. The molecule has 1 fully saturated rings. The quantitative estimate of drug-likeness (QED) is 0.725. The van der Waals surface area contributed by atoms with E-state index in [1.54, 1.807) is 0 Å². The number of piperidine rings is 1. The summed E-state index contributed by atoms with van der Waals surface area (Å²) in [6.45, 7) is 15.5. The monoisotopic (exact) mass is 340 g/mol. The van der Waals surface area contributed by atoms with Crippen molar-refractivity contribution < 1.29 is 14.3 Å². The molecule has 0 radical (unpaired) electrons. The van der Waals surface area contributed by atoms with Crippen LogP contribution < -0.4 is 5.32 Å². The molecule has 1 N–H and O–H groups in total. The highest BCUT2D eigenvalue weighted by Crippen LogP contribution is 2.46. The topological polar surface area (TPSA) is 58.6 Å². The molecule has 1 heterocycles. The first-order chi connectivity index (χ1) is 11.0. The molecule has 2 amide bonds. The summed E-state index contributed by atoms with van der Waals surface area (Å²) < 4.78 is 5.43. The van der Waals surface area contributed by atoms with Crippen molar-refractivity contribution in [1.82, 2.24) is 10.2 Å². The number of likely N-dealkylation sites (tertiary alicyclic amines) is 1. The molecule has 0 saturated carbocycles. The second kappa shape index (κ2) is 8.84. The molecule has 1 aliphatic rings. The molecule has 140 valence electrons. The molecule has 0 atom stereocenters. The average molecular weight is 341 g/mol. The highest BCUT2D eigenvalue weighted by atomic mass is 16.5. The van der Waals surface area contributed by atoms with Gasteiger partial charge in [-0.15, -0.1) is 0 Å². The minimum Gasteiger partial charge on any atom is -0.380 e. The van der Waals surface area contributed by atoms with Crippen molar-refractivity contribution in [1.29, 1.82) is 0 Å². The van der Waals surface area contributed by atoms with Crippen LogP contribution in [0.5, 0.6) is 0 Å². The molecule has 1 saturated heterocycles. The Morgan fingerprint density at radius 3 is 2.17 bits per heavy atom. The van der Waals surface area contributed by atoms with Crippen LogP contribution >= 0.6 is 0 Å². The van der Waals surface area contributed by atoms with E-state index < -0.39 is 0 Å². The maximum atomic E-state index is 12.3. The Balaban J connectivity index is 2.20. The first kappa shape index (κ1) is 20.9. The molecular formula is C19H36N2O3. The normalized spacial score (nSPS) is 17.9. The number of carbonyl (C=O) groups excluding carboxylic acids is 2. The van der Waals surface area contributed by atoms with Crippen molar-refractivity contribution in [3.63, 3.8) is 0 Å². The number of carbonyl (C=O) groups is 2. The number of nitrogens with zero attached hydrogens (tertiary/aromatic N) is 1. The summed E-state index contributed by atoms with van der Waals surface area (Å²) in [6, 6.07) is 0.150. The van der Waals surface area contributed by atoms with Gasteiger partial charge in [0.1, 0.15) is 0 Å². The van der Waals surface area contributed by atoms with Gasteiger partial charge in [0.2, 0.25) is 11.8 Å². The molecule has 0 bridgehead atoms. The SMILES string of the molecule is CC(C)NC(=O)CCOCCC(=O)N1CCC(C)(C(C)(C)C)CC1. The largest absolute Gasteiger partial charge is 0.380 e. The first-order valence-electron chi connectivity index (χ1n) is 9.20. The van der Waals surface area contributed by atoms with E-state index >= 15 is 0 Å². The second-order valence-electron chi connectivity index (χ2n) is 8.53. The fourth-order valence-corrected chi connectivity index (χ4v) is 2.98. The smallest absolute Gasteiger partial charge is 0.224 e. The Morgan fingerprint density at radius 2 is 1.67 bits per heavy atom. The molecule has 0 spiro atoms. The standard InChI is InChI=1S/C19H36N2O3/c1-15(2)20-16(22)7-13-24-14-8-17(23)21-11-9-19(6,10-12-21)18(3,4)5/h15H,7-14H2,1-6H3,(H,20,22). The Bertz CT molecular complexity index is 419. The lowest BCUT2D eigenvalue weighted by Gasteiger charge is -2.47. The lowest BCUT2D eigenvalue weighted by Crippen LogP contribution is -2.47. The highest BCUT2D eigenvalue weighted by molar-refractivity contribution is 5.76. The van der Waals surface area contributed by atoms with Gasteiger partial charge in [0.15, 0.2) is 0 Å². The maximum absolute atomic E-state index is 12.3. The van der Waals surface area contributed by atoms with Gasteiger partial charge in [0.05, 0.1) is 19.6 Å². The zero-order chi connectivity index (χ0) is 18.4. The van der Waals surface area contributed by atoms with Gasteiger partial charge < -0.3 is 15.0 Å². The van der Waals surface area contributed by atoms with Crippen LogP contribution in [0.25, 0.3) is 0 Å². The molecule has 1 aliphatic heterocycles. The Kier molecular flexibility index (Phi) is 7.71. The van der Waals surface area contributed by atoms with Crippen molar-refractivity contribution in [2.45, 2.75) is 73.3 Å². The summed E-state index contributed by atoms with van der Waals surface area (Å²) in [6.07, 6.45) is 2.86. The van der Waals surface area contributed by atoms with E-state index in [0.717, 1.165) is 25.9 Å². The van der Waals surface area contributed by atoms with Crippen LogP contribution in [0.3, 0.4) is 0 Å². The Hall–Kier alpha value is -1.10. The third-order valence-corrected chi connectivity index (χ3v) is 5.41. The van der Waals surface area contributed by atoms with Crippen LogP contribution in [-0.2, 0) is 14.3 Å². The van der Waals surface area contributed by atoms with E-state index in [2.05, 4.69) is 33.0 Å². The minimum atomic E-state index is -0.00572. The van der Waals surface area contributed by atoms with Gasteiger partial charge in [0.25, 0.3) is 0 Å². The summed E-state index contributed by atoms with van der Waals surface area (Å²) in [4.78, 5) is 25.7. The van der Waals surface area contributed by atoms with E-state index in [4.69, 9.17) is 4.74 Å². The van der Waals surface area contributed by atoms with Crippen LogP contribution in [0.4, 0.5) is 0 Å². The molecule has 5 heteroatoms. The number of nitrogens with one attached hydrogen (secondary N) is 1. The van der Waals surface area contributed by atoms with Crippen molar-refractivity contribution >= 4 is 11.8 Å². The highest BCUT2D eigenvalue weighted by Gasteiger charge is 2.40. The van der Waals surface area contributed by atoms with Crippen LogP contribution in [0, 0.1) is 10.8 Å². The zero-order valence-corrected chi connectivity index (χ0v) is 16.4. The van der Waals surface area contributed by atoms with Gasteiger partial charge >= 0.3 is 0 Å². The summed E-state index contributed by atoms with van der Waals surface area (Å²) >= 11 is 0. The molecule has 24 heavy (non-hydrogen) atoms. The molecule has 0 aromatic heterocycles. The summed E-state index contributed by atoms with van der Waals surface area (Å²) in [5, 5.41) is 2.82. The second-order valence-corrected chi connectivity index (χ2v) is 8.53. The van der Waals surface area contributed by atoms with E-state index in [1.807, 2.05) is 18.7 Å². The molecule has 5 nitrogen and oxygen atoms in total. The Morgan fingerprint density at radius 1 is 1.12 bits per heavy atom. The van der Waals surface area contributed by atoms with Crippen LogP contribution in [0.15, 0.2) is 0 Å². The maximum Gasteiger partial charge on any atom is 0.224 e. The van der Waals surface area contributed by atoms with E-state index in [1.165, 1.54) is 0 Å². The first-order valence-corrected chi connectivity index (χ1v) is 9.20.